The van der Waals surface area contributed by atoms with Gasteiger partial charge in [-0.3, -0.25) is 9.69 Å². The molecule has 0 saturated heterocycles. The third kappa shape index (κ3) is 4.72. The second-order valence-corrected chi connectivity index (χ2v) is 7.43. The Kier molecular flexibility index (Phi) is 6.41. The Bertz CT molecular complexity index is 1320. The molecule has 0 atom stereocenters. The van der Waals surface area contributed by atoms with Gasteiger partial charge in [0, 0.05) is 37.5 Å². The summed E-state index contributed by atoms with van der Waals surface area (Å²) < 4.78 is 1.98. The lowest BCUT2D eigenvalue weighted by molar-refractivity contribution is -0.107. The predicted octanol–water partition coefficient (Wildman–Crippen LogP) is 3.69. The summed E-state index contributed by atoms with van der Waals surface area (Å²) >= 11 is 0. The van der Waals surface area contributed by atoms with Crippen LogP contribution in [-0.2, 0) is 18.4 Å². The zero-order valence-electron chi connectivity index (χ0n) is 18.1. The van der Waals surface area contributed by atoms with Gasteiger partial charge in [-0.25, -0.2) is 9.97 Å². The first kappa shape index (κ1) is 21.7. The van der Waals surface area contributed by atoms with E-state index < -0.39 is 0 Å². The number of carbonyl (C=O) groups is 2. The number of carbonyl (C=O) groups excluding carboxylic acids is 2. The van der Waals surface area contributed by atoms with Gasteiger partial charge in [-0.05, 0) is 54.6 Å². The lowest BCUT2D eigenvalue weighted by Gasteiger charge is -2.20. The van der Waals surface area contributed by atoms with E-state index in [1.165, 1.54) is 4.90 Å². The molecule has 0 aliphatic heterocycles. The number of nitrogens with zero attached hydrogens (tertiary/aromatic N) is 5. The fourth-order valence-electron chi connectivity index (χ4n) is 3.56. The Hall–Kier alpha value is -4.51. The van der Waals surface area contributed by atoms with Crippen molar-refractivity contribution in [2.75, 3.05) is 16.8 Å². The van der Waals surface area contributed by atoms with E-state index in [4.69, 9.17) is 10.2 Å². The van der Waals surface area contributed by atoms with Crippen LogP contribution in [0.5, 0.6) is 0 Å². The molecule has 0 unspecified atom stereocenters. The molecule has 0 aliphatic carbocycles. The highest BCUT2D eigenvalue weighted by Crippen LogP contribution is 2.21. The molecular weight excluding hydrogens is 416 g/mol. The first-order chi connectivity index (χ1) is 16.1. The second-order valence-electron chi connectivity index (χ2n) is 7.43. The Morgan fingerprint density at radius 1 is 1.18 bits per heavy atom. The largest absolute Gasteiger partial charge is 0.378 e. The molecule has 2 aromatic heterocycles. The van der Waals surface area contributed by atoms with E-state index in [-0.39, 0.29) is 18.9 Å². The maximum Gasteiger partial charge on any atom is 0.259 e. The Labute approximate surface area is 191 Å². The molecule has 8 heteroatoms. The van der Waals surface area contributed by atoms with Gasteiger partial charge in [0.25, 0.3) is 5.91 Å². The number of aryl methyl sites for hydroxylation is 1. The summed E-state index contributed by atoms with van der Waals surface area (Å²) in [5.41, 5.74) is 3.58. The van der Waals surface area contributed by atoms with Crippen LogP contribution in [0.4, 0.5) is 11.5 Å². The molecule has 8 nitrogen and oxygen atoms in total. The first-order valence-electron chi connectivity index (χ1n) is 10.5. The summed E-state index contributed by atoms with van der Waals surface area (Å²) in [5, 5.41) is 12.2. The van der Waals surface area contributed by atoms with Crippen molar-refractivity contribution in [1.82, 2.24) is 14.5 Å². The summed E-state index contributed by atoms with van der Waals surface area (Å²) in [6.45, 7) is 0.735. The first-order valence-corrected chi connectivity index (χ1v) is 10.5. The van der Waals surface area contributed by atoms with E-state index in [2.05, 4.69) is 16.4 Å². The van der Waals surface area contributed by atoms with E-state index in [0.717, 1.165) is 23.3 Å². The van der Waals surface area contributed by atoms with Gasteiger partial charge in [0.15, 0.2) is 0 Å². The number of aromatic nitrogens is 3. The van der Waals surface area contributed by atoms with Gasteiger partial charge >= 0.3 is 0 Å². The molecule has 33 heavy (non-hydrogen) atoms. The molecule has 1 amide bonds. The van der Waals surface area contributed by atoms with Crippen LogP contribution in [0.25, 0.3) is 11.0 Å². The summed E-state index contributed by atoms with van der Waals surface area (Å²) in [5.74, 6) is 1.07. The van der Waals surface area contributed by atoms with Gasteiger partial charge in [-0.1, -0.05) is 6.07 Å². The number of rotatable bonds is 8. The second kappa shape index (κ2) is 9.75. The summed E-state index contributed by atoms with van der Waals surface area (Å²) in [7, 11) is 1.93. The average molecular weight is 438 g/mol. The SMILES string of the molecule is Cn1c(CNc2ccc(C#N)cc2)nc2cc(C(=O)N(CCC=O)c3ccccn3)ccc21. The quantitative estimate of drug-likeness (QED) is 0.421. The van der Waals surface area contributed by atoms with Gasteiger partial charge in [-0.2, -0.15) is 5.26 Å². The molecule has 164 valence electrons. The number of amides is 1. The number of anilines is 2. The van der Waals surface area contributed by atoms with Crippen LogP contribution in [0.3, 0.4) is 0 Å². The highest BCUT2D eigenvalue weighted by atomic mass is 16.2. The number of fused-ring (bicyclic) bond motifs is 1. The van der Waals surface area contributed by atoms with Crippen LogP contribution in [0.15, 0.2) is 66.9 Å². The Morgan fingerprint density at radius 2 is 2.00 bits per heavy atom. The van der Waals surface area contributed by atoms with Gasteiger partial charge in [0.05, 0.1) is 29.2 Å². The van der Waals surface area contributed by atoms with Crippen LogP contribution in [0.2, 0.25) is 0 Å². The fourth-order valence-corrected chi connectivity index (χ4v) is 3.56. The zero-order valence-corrected chi connectivity index (χ0v) is 18.1. The minimum atomic E-state index is -0.236. The van der Waals surface area contributed by atoms with Gasteiger partial charge in [0.2, 0.25) is 0 Å². The molecule has 1 N–H and O–H groups in total. The molecular formula is C25H22N6O2. The van der Waals surface area contributed by atoms with E-state index in [1.807, 2.05) is 29.8 Å². The fraction of sp³-hybridized carbons (Fsp3) is 0.160. The molecule has 0 radical (unpaired) electrons. The molecule has 2 aromatic carbocycles. The van der Waals surface area contributed by atoms with Crippen molar-refractivity contribution in [2.24, 2.45) is 7.05 Å². The van der Waals surface area contributed by atoms with Crippen molar-refractivity contribution in [3.8, 4) is 6.07 Å². The maximum absolute atomic E-state index is 13.2. The van der Waals surface area contributed by atoms with Crippen molar-refractivity contribution in [1.29, 1.82) is 5.26 Å². The van der Waals surface area contributed by atoms with Crippen molar-refractivity contribution in [2.45, 2.75) is 13.0 Å². The van der Waals surface area contributed by atoms with Gasteiger partial charge < -0.3 is 14.7 Å². The number of imidazole rings is 1. The predicted molar refractivity (Wildman–Crippen MR) is 126 cm³/mol. The average Bonchev–Trinajstić information content (AvgIpc) is 3.18. The number of nitriles is 1. The standard InChI is InChI=1S/C25H22N6O2/c1-30-22-11-8-19(25(33)31(13-4-14-32)23-5-2-3-12-27-23)15-21(22)29-24(30)17-28-20-9-6-18(16-26)7-10-20/h2-3,5-12,14-15,28H,4,13,17H2,1H3. The lowest BCUT2D eigenvalue weighted by Crippen LogP contribution is -2.32. The van der Waals surface area contributed by atoms with E-state index in [9.17, 15) is 9.59 Å². The van der Waals surface area contributed by atoms with Crippen LogP contribution >= 0.6 is 0 Å². The molecule has 2 heterocycles. The van der Waals surface area contributed by atoms with E-state index in [1.54, 1.807) is 48.7 Å². The number of hydrogen-bond acceptors (Lipinski definition) is 6. The van der Waals surface area contributed by atoms with Crippen molar-refractivity contribution in [3.05, 3.63) is 83.8 Å². The van der Waals surface area contributed by atoms with Crippen LogP contribution in [0.1, 0.15) is 28.2 Å². The number of aldehydes is 1. The minimum absolute atomic E-state index is 0.222. The summed E-state index contributed by atoms with van der Waals surface area (Å²) in [6.07, 6.45) is 2.63. The van der Waals surface area contributed by atoms with E-state index >= 15 is 0 Å². The number of pyridine rings is 1. The molecule has 4 aromatic rings. The lowest BCUT2D eigenvalue weighted by atomic mass is 10.1. The summed E-state index contributed by atoms with van der Waals surface area (Å²) in [6, 6.07) is 20.0. The zero-order chi connectivity index (χ0) is 23.2. The molecule has 0 saturated carbocycles. The van der Waals surface area contributed by atoms with Crippen molar-refractivity contribution < 1.29 is 9.59 Å². The normalized spacial score (nSPS) is 10.5. The van der Waals surface area contributed by atoms with Crippen molar-refractivity contribution >= 4 is 34.7 Å². The number of nitrogens with one attached hydrogen (secondary N) is 1. The smallest absolute Gasteiger partial charge is 0.259 e. The number of benzene rings is 2. The number of hydrogen-bond donors (Lipinski definition) is 1. The topological polar surface area (TPSA) is 104 Å². The Balaban J connectivity index is 1.57. The third-order valence-electron chi connectivity index (χ3n) is 5.33. The van der Waals surface area contributed by atoms with Crippen molar-refractivity contribution in [3.63, 3.8) is 0 Å². The third-order valence-corrected chi connectivity index (χ3v) is 5.33. The highest BCUT2D eigenvalue weighted by molar-refractivity contribution is 6.07. The highest BCUT2D eigenvalue weighted by Gasteiger charge is 2.20. The van der Waals surface area contributed by atoms with Gasteiger partial charge in [-0.15, -0.1) is 0 Å². The van der Waals surface area contributed by atoms with Crippen LogP contribution in [-0.4, -0.2) is 33.3 Å². The van der Waals surface area contributed by atoms with Crippen LogP contribution in [0, 0.1) is 11.3 Å². The van der Waals surface area contributed by atoms with E-state index in [0.29, 0.717) is 29.0 Å². The van der Waals surface area contributed by atoms with Crippen LogP contribution < -0.4 is 10.2 Å². The molecule has 0 aliphatic rings. The Morgan fingerprint density at radius 3 is 2.70 bits per heavy atom. The maximum atomic E-state index is 13.2. The molecule has 0 bridgehead atoms. The molecule has 0 spiro atoms. The summed E-state index contributed by atoms with van der Waals surface area (Å²) in [4.78, 5) is 34.6. The monoisotopic (exact) mass is 438 g/mol. The minimum Gasteiger partial charge on any atom is -0.378 e. The molecule has 0 fully saturated rings. The van der Waals surface area contributed by atoms with Gasteiger partial charge in [0.1, 0.15) is 17.9 Å². The molecule has 4 rings (SSSR count).